The van der Waals surface area contributed by atoms with Crippen LogP contribution in [-0.2, 0) is 14.6 Å². The highest BCUT2D eigenvalue weighted by atomic mass is 35.5. The number of carbonyl (C=O) groups excluding carboxylic acids is 1. The molecule has 2 atom stereocenters. The average Bonchev–Trinajstić information content (AvgIpc) is 2.67. The largest absolute Gasteiger partial charge is 0.341 e. The molecule has 27 heavy (non-hydrogen) atoms. The van der Waals surface area contributed by atoms with Gasteiger partial charge in [0.2, 0.25) is 5.91 Å². The molecule has 0 aliphatic carbocycles. The Balaban J connectivity index is 0.00000261. The number of amides is 1. The van der Waals surface area contributed by atoms with Gasteiger partial charge in [0.05, 0.1) is 0 Å². The van der Waals surface area contributed by atoms with Crippen molar-refractivity contribution >= 4 is 28.2 Å². The van der Waals surface area contributed by atoms with Gasteiger partial charge in [-0.25, -0.2) is 8.42 Å². The second-order valence-electron chi connectivity index (χ2n) is 7.74. The van der Waals surface area contributed by atoms with Crippen molar-refractivity contribution in [2.75, 3.05) is 32.4 Å². The number of hydrogen-bond acceptors (Lipinski definition) is 4. The van der Waals surface area contributed by atoms with Gasteiger partial charge in [0.1, 0.15) is 0 Å². The third-order valence-electron chi connectivity index (χ3n) is 6.28. The molecule has 0 aromatic heterocycles. The first kappa shape index (κ1) is 22.2. The Morgan fingerprint density at radius 3 is 2.41 bits per heavy atom. The number of halogens is 1. The number of benzene rings is 1. The van der Waals surface area contributed by atoms with Crippen LogP contribution in [0, 0.1) is 5.92 Å². The molecule has 1 aromatic rings. The van der Waals surface area contributed by atoms with Gasteiger partial charge in [-0.2, -0.15) is 0 Å². The molecule has 0 radical (unpaired) electrons. The predicted molar refractivity (Wildman–Crippen MR) is 111 cm³/mol. The van der Waals surface area contributed by atoms with Gasteiger partial charge in [0, 0.05) is 19.3 Å². The van der Waals surface area contributed by atoms with E-state index in [1.807, 2.05) is 11.0 Å². The number of rotatable bonds is 4. The van der Waals surface area contributed by atoms with Crippen molar-refractivity contribution in [3.8, 4) is 0 Å². The lowest BCUT2D eigenvalue weighted by Gasteiger charge is -2.44. The van der Waals surface area contributed by atoms with Gasteiger partial charge in [0.25, 0.3) is 0 Å². The second kappa shape index (κ2) is 8.93. The minimum Gasteiger partial charge on any atom is -0.341 e. The Kier molecular flexibility index (Phi) is 7.33. The van der Waals surface area contributed by atoms with E-state index in [1.165, 1.54) is 11.8 Å². The first-order valence-electron chi connectivity index (χ1n) is 9.63. The molecule has 2 fully saturated rings. The summed E-state index contributed by atoms with van der Waals surface area (Å²) in [6.45, 7) is 4.61. The molecule has 0 saturated carbocycles. The molecule has 1 amide bonds. The zero-order valence-electron chi connectivity index (χ0n) is 16.2. The molecule has 2 aliphatic heterocycles. The second-order valence-corrected chi connectivity index (χ2v) is 10.1. The van der Waals surface area contributed by atoms with Crippen LogP contribution in [0.4, 0.5) is 0 Å². The van der Waals surface area contributed by atoms with E-state index in [0.29, 0.717) is 50.9 Å². The molecule has 1 N–H and O–H groups in total. The molecule has 1 aromatic carbocycles. The smallest absolute Gasteiger partial charge is 0.244 e. The first-order valence-corrected chi connectivity index (χ1v) is 11.5. The molecular weight excluding hydrogens is 384 g/mol. The minimum atomic E-state index is -3.46. The topological polar surface area (TPSA) is 66.5 Å². The van der Waals surface area contributed by atoms with Crippen LogP contribution in [0.2, 0.25) is 0 Å². The summed E-state index contributed by atoms with van der Waals surface area (Å²) in [5.41, 5.74) is 1.33. The molecule has 2 aliphatic rings. The van der Waals surface area contributed by atoms with E-state index in [9.17, 15) is 13.2 Å². The summed E-state index contributed by atoms with van der Waals surface area (Å²) in [6.07, 6.45) is 3.85. The lowest BCUT2D eigenvalue weighted by molar-refractivity contribution is -0.137. The third-order valence-corrected chi connectivity index (χ3v) is 8.29. The van der Waals surface area contributed by atoms with Crippen LogP contribution < -0.4 is 5.32 Å². The number of carbonyl (C=O) groups is 1. The molecule has 5 nitrogen and oxygen atoms in total. The van der Waals surface area contributed by atoms with Crippen LogP contribution in [0.15, 0.2) is 30.3 Å². The van der Waals surface area contributed by atoms with E-state index in [1.54, 1.807) is 0 Å². The zero-order valence-corrected chi connectivity index (χ0v) is 17.8. The van der Waals surface area contributed by atoms with E-state index in [0.717, 1.165) is 12.8 Å². The lowest BCUT2D eigenvalue weighted by atomic mass is 9.78. The Labute approximate surface area is 169 Å². The summed E-state index contributed by atoms with van der Waals surface area (Å²) in [5.74, 6) is 0.632. The number of nitrogens with one attached hydrogen (secondary N) is 1. The van der Waals surface area contributed by atoms with Crippen LogP contribution in [0.5, 0.6) is 0 Å². The van der Waals surface area contributed by atoms with Gasteiger partial charge >= 0.3 is 0 Å². The first-order chi connectivity index (χ1) is 12.4. The van der Waals surface area contributed by atoms with Crippen molar-refractivity contribution in [3.05, 3.63) is 35.9 Å². The highest BCUT2D eigenvalue weighted by Crippen LogP contribution is 2.37. The molecule has 2 saturated heterocycles. The highest BCUT2D eigenvalue weighted by molar-refractivity contribution is 7.92. The van der Waals surface area contributed by atoms with Gasteiger partial charge in [-0.05, 0) is 49.8 Å². The van der Waals surface area contributed by atoms with Crippen LogP contribution in [0.1, 0.15) is 44.1 Å². The predicted octanol–water partition coefficient (Wildman–Crippen LogP) is 2.62. The van der Waals surface area contributed by atoms with E-state index in [-0.39, 0.29) is 18.3 Å². The fraction of sp³-hybridized carbons (Fsp3) is 0.650. The zero-order chi connectivity index (χ0) is 18.8. The SMILES string of the molecule is CCC1CN(C(=O)C2(S(C)(=O)=O)CCNCC2)CCC1c1ccccc1.Cl. The molecule has 0 bridgehead atoms. The normalized spacial score (nSPS) is 25.5. The van der Waals surface area contributed by atoms with Gasteiger partial charge < -0.3 is 10.2 Å². The summed E-state index contributed by atoms with van der Waals surface area (Å²) < 4.78 is 23.9. The van der Waals surface area contributed by atoms with Crippen molar-refractivity contribution in [1.82, 2.24) is 10.2 Å². The summed E-state index contributed by atoms with van der Waals surface area (Å²) in [6, 6.07) is 10.5. The number of piperidine rings is 2. The van der Waals surface area contributed by atoms with Gasteiger partial charge in [-0.15, -0.1) is 12.4 Å². The van der Waals surface area contributed by atoms with Gasteiger partial charge in [0.15, 0.2) is 14.6 Å². The van der Waals surface area contributed by atoms with Gasteiger partial charge in [-0.1, -0.05) is 43.7 Å². The number of hydrogen-bond donors (Lipinski definition) is 1. The van der Waals surface area contributed by atoms with Crippen molar-refractivity contribution in [2.24, 2.45) is 5.92 Å². The summed E-state index contributed by atoms with van der Waals surface area (Å²) in [5, 5.41) is 3.18. The Hall–Kier alpha value is -1.11. The summed E-state index contributed by atoms with van der Waals surface area (Å²) in [4.78, 5) is 15.2. The van der Waals surface area contributed by atoms with Crippen LogP contribution in [0.3, 0.4) is 0 Å². The Bertz CT molecular complexity index is 733. The summed E-state index contributed by atoms with van der Waals surface area (Å²) >= 11 is 0. The molecule has 2 heterocycles. The van der Waals surface area contributed by atoms with Gasteiger partial charge in [-0.3, -0.25) is 4.79 Å². The van der Waals surface area contributed by atoms with Crippen LogP contribution in [0.25, 0.3) is 0 Å². The average molecular weight is 415 g/mol. The minimum absolute atomic E-state index is 0. The van der Waals surface area contributed by atoms with E-state index in [4.69, 9.17) is 0 Å². The standard InChI is InChI=1S/C20H30N2O3S.ClH/c1-3-16-15-22(14-9-18(16)17-7-5-4-6-8-17)19(23)20(26(2,24)25)10-12-21-13-11-20;/h4-8,16,18,21H,3,9-15H2,1-2H3;1H. The molecule has 2 unspecified atom stereocenters. The van der Waals surface area contributed by atoms with Crippen LogP contribution >= 0.6 is 12.4 Å². The Morgan fingerprint density at radius 2 is 1.85 bits per heavy atom. The molecule has 3 rings (SSSR count). The van der Waals surface area contributed by atoms with E-state index < -0.39 is 14.6 Å². The van der Waals surface area contributed by atoms with Crippen LogP contribution in [-0.4, -0.2) is 56.4 Å². The maximum atomic E-state index is 13.3. The van der Waals surface area contributed by atoms with Crippen molar-refractivity contribution in [1.29, 1.82) is 0 Å². The maximum Gasteiger partial charge on any atom is 0.244 e. The quantitative estimate of drug-likeness (QED) is 0.822. The lowest BCUT2D eigenvalue weighted by Crippen LogP contribution is -2.60. The van der Waals surface area contributed by atoms with Crippen molar-refractivity contribution in [3.63, 3.8) is 0 Å². The third kappa shape index (κ3) is 4.33. The number of nitrogens with zero attached hydrogens (tertiary/aromatic N) is 1. The maximum absolute atomic E-state index is 13.3. The number of likely N-dealkylation sites (tertiary alicyclic amines) is 1. The molecule has 152 valence electrons. The highest BCUT2D eigenvalue weighted by Gasteiger charge is 2.51. The number of sulfone groups is 1. The van der Waals surface area contributed by atoms with Crippen molar-refractivity contribution < 1.29 is 13.2 Å². The fourth-order valence-electron chi connectivity index (χ4n) is 4.63. The molecule has 7 heteroatoms. The molecular formula is C20H31ClN2O3S. The van der Waals surface area contributed by atoms with E-state index >= 15 is 0 Å². The summed E-state index contributed by atoms with van der Waals surface area (Å²) in [7, 11) is -3.46. The van der Waals surface area contributed by atoms with Crippen molar-refractivity contribution in [2.45, 2.75) is 43.3 Å². The Morgan fingerprint density at radius 1 is 1.22 bits per heavy atom. The fourth-order valence-corrected chi connectivity index (χ4v) is 6.02. The molecule has 0 spiro atoms. The van der Waals surface area contributed by atoms with E-state index in [2.05, 4.69) is 36.5 Å². The monoisotopic (exact) mass is 414 g/mol.